The molecule has 3 aromatic carbocycles. The third kappa shape index (κ3) is 4.93. The molecule has 0 amide bonds. The summed E-state index contributed by atoms with van der Waals surface area (Å²) in [7, 11) is 1.68. The van der Waals surface area contributed by atoms with Gasteiger partial charge in [0.25, 0.3) is 0 Å². The summed E-state index contributed by atoms with van der Waals surface area (Å²) in [5.74, 6) is 1.64. The fourth-order valence-corrected chi connectivity index (χ4v) is 6.08. The van der Waals surface area contributed by atoms with Gasteiger partial charge in [-0.15, -0.1) is 5.10 Å². The van der Waals surface area contributed by atoms with Gasteiger partial charge in [0, 0.05) is 37.0 Å². The van der Waals surface area contributed by atoms with Gasteiger partial charge in [-0.3, -0.25) is 4.98 Å². The van der Waals surface area contributed by atoms with Crippen molar-refractivity contribution in [3.05, 3.63) is 114 Å². The molecule has 0 aliphatic carbocycles. The SMILES string of the molecule is COc1ccc2c(c1)C(=CCCN1CCC(O)(c3ccc(-n4nnc5ccccc54)cc3)CC1)c1cccnc1CO2. The summed E-state index contributed by atoms with van der Waals surface area (Å²) in [4.78, 5) is 7.02. The monoisotopic (exact) mass is 559 g/mol. The van der Waals surface area contributed by atoms with E-state index < -0.39 is 5.60 Å². The molecule has 2 aliphatic rings. The lowest BCUT2D eigenvalue weighted by atomic mass is 9.84. The lowest BCUT2D eigenvalue weighted by Crippen LogP contribution is -2.42. The maximum atomic E-state index is 11.6. The van der Waals surface area contributed by atoms with Gasteiger partial charge in [-0.2, -0.15) is 0 Å². The number of piperidine rings is 1. The number of ether oxygens (including phenoxy) is 2. The maximum Gasteiger partial charge on any atom is 0.131 e. The van der Waals surface area contributed by atoms with E-state index in [1.807, 2.05) is 83.7 Å². The number of likely N-dealkylation sites (tertiary alicyclic amines) is 1. The van der Waals surface area contributed by atoms with Crippen LogP contribution >= 0.6 is 0 Å². The van der Waals surface area contributed by atoms with Crippen LogP contribution in [0.4, 0.5) is 0 Å². The van der Waals surface area contributed by atoms with Crippen molar-refractivity contribution >= 4 is 16.6 Å². The molecule has 5 aromatic rings. The minimum atomic E-state index is -0.837. The second-order valence-corrected chi connectivity index (χ2v) is 11.0. The van der Waals surface area contributed by atoms with Crippen molar-refractivity contribution in [3.63, 3.8) is 0 Å². The maximum absolute atomic E-state index is 11.6. The van der Waals surface area contributed by atoms with Crippen molar-refractivity contribution < 1.29 is 14.6 Å². The van der Waals surface area contributed by atoms with Crippen LogP contribution in [0.25, 0.3) is 22.3 Å². The largest absolute Gasteiger partial charge is 0.497 e. The molecule has 1 fully saturated rings. The Morgan fingerprint density at radius 3 is 2.64 bits per heavy atom. The quantitative estimate of drug-likeness (QED) is 0.293. The van der Waals surface area contributed by atoms with Crippen LogP contribution < -0.4 is 9.47 Å². The Kier molecular flexibility index (Phi) is 6.93. The van der Waals surface area contributed by atoms with Crippen molar-refractivity contribution in [2.45, 2.75) is 31.5 Å². The first-order chi connectivity index (χ1) is 20.6. The van der Waals surface area contributed by atoms with Gasteiger partial charge >= 0.3 is 0 Å². The molecule has 2 aromatic heterocycles. The van der Waals surface area contributed by atoms with E-state index in [2.05, 4.69) is 32.3 Å². The van der Waals surface area contributed by atoms with Crippen LogP contribution in [-0.4, -0.2) is 56.7 Å². The van der Waals surface area contributed by atoms with E-state index in [1.54, 1.807) is 7.11 Å². The van der Waals surface area contributed by atoms with Gasteiger partial charge in [0.1, 0.15) is 23.6 Å². The molecule has 0 bridgehead atoms. The fraction of sp³-hybridized carbons (Fsp3) is 0.265. The van der Waals surface area contributed by atoms with Gasteiger partial charge in [0.2, 0.25) is 0 Å². The molecule has 1 N–H and O–H groups in total. The van der Waals surface area contributed by atoms with Gasteiger partial charge in [0.15, 0.2) is 0 Å². The molecule has 1 saturated heterocycles. The standard InChI is InChI=1S/C34H33N5O3/c1-41-26-14-15-33-29(22-26)27(28-6-4-18-35-31(28)23-42-33)7-5-19-38-20-16-34(40,17-21-38)24-10-12-25(13-11-24)39-32-9-3-2-8-30(32)36-37-39/h2-4,6-15,18,22,40H,5,16-17,19-21,23H2,1H3. The van der Waals surface area contributed by atoms with Crippen molar-refractivity contribution in [3.8, 4) is 17.2 Å². The normalized spacial score (nSPS) is 17.3. The van der Waals surface area contributed by atoms with Crippen LogP contribution in [0.15, 0.2) is 91.1 Å². The van der Waals surface area contributed by atoms with E-state index in [1.165, 1.54) is 0 Å². The van der Waals surface area contributed by atoms with Gasteiger partial charge in [-0.05, 0) is 78.9 Å². The number of para-hydroxylation sites is 1. The third-order valence-electron chi connectivity index (χ3n) is 8.50. The summed E-state index contributed by atoms with van der Waals surface area (Å²) >= 11 is 0. The second kappa shape index (κ2) is 11.0. The van der Waals surface area contributed by atoms with Crippen LogP contribution in [0.2, 0.25) is 0 Å². The Hall–Kier alpha value is -4.53. The molecule has 212 valence electrons. The van der Waals surface area contributed by atoms with E-state index in [0.29, 0.717) is 19.4 Å². The molecule has 0 atom stereocenters. The third-order valence-corrected chi connectivity index (χ3v) is 8.50. The van der Waals surface area contributed by atoms with E-state index in [4.69, 9.17) is 9.47 Å². The first kappa shape index (κ1) is 26.4. The highest BCUT2D eigenvalue weighted by molar-refractivity contribution is 5.85. The van der Waals surface area contributed by atoms with Crippen LogP contribution in [0, 0.1) is 0 Å². The zero-order valence-corrected chi connectivity index (χ0v) is 23.6. The van der Waals surface area contributed by atoms with Gasteiger partial charge < -0.3 is 19.5 Å². The molecular formula is C34H33N5O3. The highest BCUT2D eigenvalue weighted by Gasteiger charge is 2.34. The smallest absolute Gasteiger partial charge is 0.131 e. The lowest BCUT2D eigenvalue weighted by Gasteiger charge is -2.38. The van der Waals surface area contributed by atoms with Crippen LogP contribution in [-0.2, 0) is 12.2 Å². The van der Waals surface area contributed by atoms with Crippen molar-refractivity contribution in [1.29, 1.82) is 0 Å². The van der Waals surface area contributed by atoms with Crippen LogP contribution in [0.5, 0.6) is 11.5 Å². The Morgan fingerprint density at radius 1 is 0.976 bits per heavy atom. The molecule has 0 saturated carbocycles. The van der Waals surface area contributed by atoms with Crippen LogP contribution in [0.3, 0.4) is 0 Å². The highest BCUT2D eigenvalue weighted by atomic mass is 16.5. The van der Waals surface area contributed by atoms with E-state index in [-0.39, 0.29) is 0 Å². The van der Waals surface area contributed by atoms with Crippen LogP contribution in [0.1, 0.15) is 41.6 Å². The van der Waals surface area contributed by atoms with Gasteiger partial charge in [-0.1, -0.05) is 41.6 Å². The number of nitrogens with zero attached hydrogens (tertiary/aromatic N) is 5. The summed E-state index contributed by atoms with van der Waals surface area (Å²) in [5, 5.41) is 20.1. The Morgan fingerprint density at radius 2 is 1.81 bits per heavy atom. The summed E-state index contributed by atoms with van der Waals surface area (Å²) in [6.45, 7) is 3.02. The average molecular weight is 560 g/mol. The molecular weight excluding hydrogens is 526 g/mol. The number of benzene rings is 3. The molecule has 8 nitrogen and oxygen atoms in total. The number of aliphatic hydroxyl groups is 1. The second-order valence-electron chi connectivity index (χ2n) is 11.0. The number of methoxy groups -OCH3 is 1. The predicted octanol–water partition coefficient (Wildman–Crippen LogP) is 5.52. The summed E-state index contributed by atoms with van der Waals surface area (Å²) < 4.78 is 13.5. The average Bonchev–Trinajstić information content (AvgIpc) is 3.41. The molecule has 0 radical (unpaired) electrons. The van der Waals surface area contributed by atoms with Gasteiger partial charge in [-0.25, -0.2) is 4.68 Å². The summed E-state index contributed by atoms with van der Waals surface area (Å²) in [5.41, 5.74) is 7.05. The van der Waals surface area contributed by atoms with E-state index >= 15 is 0 Å². The van der Waals surface area contributed by atoms with E-state index in [0.717, 1.165) is 82.2 Å². The van der Waals surface area contributed by atoms with Gasteiger partial charge in [0.05, 0.1) is 29.6 Å². The zero-order chi connectivity index (χ0) is 28.5. The molecule has 8 heteroatoms. The molecule has 2 aliphatic heterocycles. The summed E-state index contributed by atoms with van der Waals surface area (Å²) in [6.07, 6.45) is 6.36. The predicted molar refractivity (Wildman–Crippen MR) is 162 cm³/mol. The number of hydrogen-bond donors (Lipinski definition) is 1. The first-order valence-electron chi connectivity index (χ1n) is 14.4. The molecule has 0 spiro atoms. The topological polar surface area (TPSA) is 85.5 Å². The molecule has 7 rings (SSSR count). The molecule has 0 unspecified atom stereocenters. The van der Waals surface area contributed by atoms with Crippen molar-refractivity contribution in [2.75, 3.05) is 26.7 Å². The first-order valence-corrected chi connectivity index (χ1v) is 14.4. The molecule has 4 heterocycles. The summed E-state index contributed by atoms with van der Waals surface area (Å²) in [6, 6.07) is 26.0. The highest BCUT2D eigenvalue weighted by Crippen LogP contribution is 2.39. The zero-order valence-electron chi connectivity index (χ0n) is 23.6. The fourth-order valence-electron chi connectivity index (χ4n) is 6.08. The minimum absolute atomic E-state index is 0.438. The molecule has 42 heavy (non-hydrogen) atoms. The number of rotatable bonds is 6. The number of aromatic nitrogens is 4. The number of hydrogen-bond acceptors (Lipinski definition) is 7. The Balaban J connectivity index is 1.03. The Bertz CT molecular complexity index is 1750. The van der Waals surface area contributed by atoms with Crippen molar-refractivity contribution in [1.82, 2.24) is 24.9 Å². The minimum Gasteiger partial charge on any atom is -0.497 e. The number of pyridine rings is 1. The number of fused-ring (bicyclic) bond motifs is 3. The lowest BCUT2D eigenvalue weighted by molar-refractivity contribution is -0.0254. The van der Waals surface area contributed by atoms with E-state index in [9.17, 15) is 5.11 Å². The Labute approximate surface area is 244 Å². The van der Waals surface area contributed by atoms with Crippen molar-refractivity contribution in [2.24, 2.45) is 0 Å².